The summed E-state index contributed by atoms with van der Waals surface area (Å²) in [4.78, 5) is 25.8. The number of carbonyl (C=O) groups excluding carboxylic acids is 2. The maximum Gasteiger partial charge on any atom is 0.265 e. The second-order valence-electron chi connectivity index (χ2n) is 5.31. The van der Waals surface area contributed by atoms with Gasteiger partial charge < -0.3 is 15.0 Å². The molecule has 5 nitrogen and oxygen atoms in total. The number of hydrogen-bond acceptors (Lipinski definition) is 3. The van der Waals surface area contributed by atoms with Crippen molar-refractivity contribution in [2.45, 2.75) is 32.3 Å². The Bertz CT molecular complexity index is 550. The Kier molecular flexibility index (Phi) is 3.34. The van der Waals surface area contributed by atoms with Crippen LogP contribution >= 0.6 is 0 Å². The van der Waals surface area contributed by atoms with Crippen molar-refractivity contribution in [2.75, 3.05) is 18.4 Å². The van der Waals surface area contributed by atoms with Gasteiger partial charge in [0.2, 0.25) is 0 Å². The zero-order valence-corrected chi connectivity index (χ0v) is 11.5. The SMILES string of the molecule is CC1Oc2cc(C(=O)N3CCCCC3)ccc2NC1=O. The van der Waals surface area contributed by atoms with E-state index in [-0.39, 0.29) is 11.8 Å². The van der Waals surface area contributed by atoms with E-state index in [0.29, 0.717) is 17.0 Å². The lowest BCUT2D eigenvalue weighted by Gasteiger charge is -2.28. The maximum absolute atomic E-state index is 12.4. The quantitative estimate of drug-likeness (QED) is 0.852. The summed E-state index contributed by atoms with van der Waals surface area (Å²) in [5, 5.41) is 2.77. The Hall–Kier alpha value is -2.04. The number of ether oxygens (including phenoxy) is 1. The van der Waals surface area contributed by atoms with Crippen LogP contribution in [0, 0.1) is 0 Å². The number of benzene rings is 1. The predicted molar refractivity (Wildman–Crippen MR) is 74.9 cm³/mol. The van der Waals surface area contributed by atoms with Gasteiger partial charge >= 0.3 is 0 Å². The summed E-state index contributed by atoms with van der Waals surface area (Å²) in [7, 11) is 0. The molecule has 0 spiro atoms. The molecule has 2 heterocycles. The minimum atomic E-state index is -0.525. The molecule has 5 heteroatoms. The van der Waals surface area contributed by atoms with Gasteiger partial charge in [-0.15, -0.1) is 0 Å². The summed E-state index contributed by atoms with van der Waals surface area (Å²) in [6.45, 7) is 3.34. The van der Waals surface area contributed by atoms with Gasteiger partial charge in [0.05, 0.1) is 5.69 Å². The summed E-state index contributed by atoms with van der Waals surface area (Å²) >= 11 is 0. The molecule has 1 saturated heterocycles. The van der Waals surface area contributed by atoms with Crippen molar-refractivity contribution >= 4 is 17.5 Å². The molecule has 2 amide bonds. The van der Waals surface area contributed by atoms with Gasteiger partial charge in [0.1, 0.15) is 5.75 Å². The van der Waals surface area contributed by atoms with Crippen LogP contribution in [-0.2, 0) is 4.79 Å². The lowest BCUT2D eigenvalue weighted by molar-refractivity contribution is -0.122. The van der Waals surface area contributed by atoms with Crippen LogP contribution in [-0.4, -0.2) is 35.9 Å². The lowest BCUT2D eigenvalue weighted by Crippen LogP contribution is -2.36. The molecule has 0 aliphatic carbocycles. The lowest BCUT2D eigenvalue weighted by atomic mass is 10.1. The second kappa shape index (κ2) is 5.15. The smallest absolute Gasteiger partial charge is 0.265 e. The van der Waals surface area contributed by atoms with Crippen LogP contribution < -0.4 is 10.1 Å². The van der Waals surface area contributed by atoms with E-state index >= 15 is 0 Å². The minimum Gasteiger partial charge on any atom is -0.479 e. The molecule has 2 aliphatic rings. The van der Waals surface area contributed by atoms with E-state index < -0.39 is 6.10 Å². The van der Waals surface area contributed by atoms with Gasteiger partial charge in [-0.1, -0.05) is 0 Å². The molecule has 106 valence electrons. The van der Waals surface area contributed by atoms with E-state index in [2.05, 4.69) is 5.32 Å². The van der Waals surface area contributed by atoms with Gasteiger partial charge in [-0.2, -0.15) is 0 Å². The highest BCUT2D eigenvalue weighted by atomic mass is 16.5. The minimum absolute atomic E-state index is 0.0423. The maximum atomic E-state index is 12.4. The molecule has 1 atom stereocenters. The number of fused-ring (bicyclic) bond motifs is 1. The first-order chi connectivity index (χ1) is 9.65. The molecule has 3 rings (SSSR count). The molecule has 1 unspecified atom stereocenters. The monoisotopic (exact) mass is 274 g/mol. The summed E-state index contributed by atoms with van der Waals surface area (Å²) in [5.41, 5.74) is 1.25. The van der Waals surface area contributed by atoms with Crippen molar-refractivity contribution in [1.29, 1.82) is 0 Å². The Labute approximate surface area is 117 Å². The predicted octanol–water partition coefficient (Wildman–Crippen LogP) is 2.03. The second-order valence-corrected chi connectivity index (χ2v) is 5.31. The summed E-state index contributed by atoms with van der Waals surface area (Å²) in [6.07, 6.45) is 2.81. The topological polar surface area (TPSA) is 58.6 Å². The number of nitrogens with one attached hydrogen (secondary N) is 1. The summed E-state index contributed by atoms with van der Waals surface area (Å²) < 4.78 is 5.54. The number of amides is 2. The van der Waals surface area contributed by atoms with Crippen LogP contribution in [0.4, 0.5) is 5.69 Å². The molecule has 1 fully saturated rings. The zero-order valence-electron chi connectivity index (χ0n) is 11.5. The molecular formula is C15H18N2O3. The van der Waals surface area contributed by atoms with E-state index in [1.165, 1.54) is 6.42 Å². The first-order valence-corrected chi connectivity index (χ1v) is 7.06. The van der Waals surface area contributed by atoms with Crippen LogP contribution in [0.3, 0.4) is 0 Å². The average Bonchev–Trinajstić information content (AvgIpc) is 2.48. The fourth-order valence-corrected chi connectivity index (χ4v) is 2.61. The highest BCUT2D eigenvalue weighted by Gasteiger charge is 2.25. The molecule has 1 aromatic carbocycles. The number of likely N-dealkylation sites (tertiary alicyclic amines) is 1. The van der Waals surface area contributed by atoms with Crippen LogP contribution in [0.2, 0.25) is 0 Å². The number of rotatable bonds is 1. The molecular weight excluding hydrogens is 256 g/mol. The normalized spacial score (nSPS) is 21.8. The van der Waals surface area contributed by atoms with Crippen molar-refractivity contribution in [3.63, 3.8) is 0 Å². The third kappa shape index (κ3) is 2.35. The molecule has 20 heavy (non-hydrogen) atoms. The van der Waals surface area contributed by atoms with Gasteiger partial charge in [0.15, 0.2) is 6.10 Å². The largest absolute Gasteiger partial charge is 0.479 e. The van der Waals surface area contributed by atoms with Crippen molar-refractivity contribution < 1.29 is 14.3 Å². The zero-order chi connectivity index (χ0) is 14.1. The molecule has 0 saturated carbocycles. The van der Waals surface area contributed by atoms with E-state index in [4.69, 9.17) is 4.74 Å². The highest BCUT2D eigenvalue weighted by molar-refractivity contribution is 6.00. The molecule has 0 bridgehead atoms. The number of anilines is 1. The van der Waals surface area contributed by atoms with Crippen molar-refractivity contribution in [2.24, 2.45) is 0 Å². The van der Waals surface area contributed by atoms with Gasteiger partial charge in [0, 0.05) is 18.7 Å². The third-order valence-corrected chi connectivity index (χ3v) is 3.80. The fraction of sp³-hybridized carbons (Fsp3) is 0.467. The van der Waals surface area contributed by atoms with Gasteiger partial charge in [0.25, 0.3) is 11.8 Å². The molecule has 1 N–H and O–H groups in total. The molecule has 1 aromatic rings. The highest BCUT2D eigenvalue weighted by Crippen LogP contribution is 2.31. The average molecular weight is 274 g/mol. The van der Waals surface area contributed by atoms with E-state index in [9.17, 15) is 9.59 Å². The summed E-state index contributed by atoms with van der Waals surface area (Å²) in [5.74, 6) is 0.452. The Morgan fingerprint density at radius 2 is 2.05 bits per heavy atom. The Morgan fingerprint density at radius 3 is 2.80 bits per heavy atom. The van der Waals surface area contributed by atoms with Crippen molar-refractivity contribution in [3.05, 3.63) is 23.8 Å². The Morgan fingerprint density at radius 1 is 1.30 bits per heavy atom. The first-order valence-electron chi connectivity index (χ1n) is 7.06. The van der Waals surface area contributed by atoms with Crippen LogP contribution in [0.1, 0.15) is 36.5 Å². The fourth-order valence-electron chi connectivity index (χ4n) is 2.61. The van der Waals surface area contributed by atoms with E-state index in [1.54, 1.807) is 25.1 Å². The standard InChI is InChI=1S/C15H18N2O3/c1-10-14(18)16-12-6-5-11(9-13(12)20-10)15(19)17-7-3-2-4-8-17/h5-6,9-10H,2-4,7-8H2,1H3,(H,16,18). The summed E-state index contributed by atoms with van der Waals surface area (Å²) in [6, 6.07) is 5.20. The van der Waals surface area contributed by atoms with Crippen LogP contribution in [0.25, 0.3) is 0 Å². The Balaban J connectivity index is 1.83. The first kappa shape index (κ1) is 13.0. The van der Waals surface area contributed by atoms with Gasteiger partial charge in [-0.3, -0.25) is 9.59 Å². The van der Waals surface area contributed by atoms with Gasteiger partial charge in [-0.05, 0) is 44.4 Å². The van der Waals surface area contributed by atoms with Gasteiger partial charge in [-0.25, -0.2) is 0 Å². The van der Waals surface area contributed by atoms with Crippen molar-refractivity contribution in [1.82, 2.24) is 4.90 Å². The molecule has 2 aliphatic heterocycles. The molecule has 0 aromatic heterocycles. The van der Waals surface area contributed by atoms with Crippen LogP contribution in [0.15, 0.2) is 18.2 Å². The molecule has 0 radical (unpaired) electrons. The number of piperidine rings is 1. The number of hydrogen-bond donors (Lipinski definition) is 1. The van der Waals surface area contributed by atoms with Crippen LogP contribution in [0.5, 0.6) is 5.75 Å². The van der Waals surface area contributed by atoms with Crippen molar-refractivity contribution in [3.8, 4) is 5.75 Å². The van der Waals surface area contributed by atoms with E-state index in [0.717, 1.165) is 25.9 Å². The van der Waals surface area contributed by atoms with E-state index in [1.807, 2.05) is 4.90 Å². The number of nitrogens with zero attached hydrogens (tertiary/aromatic N) is 1. The third-order valence-electron chi connectivity index (χ3n) is 3.80. The number of carbonyl (C=O) groups is 2.